The molecule has 0 fully saturated rings. The molecule has 0 saturated carbocycles. The first kappa shape index (κ1) is 22.0. The van der Waals surface area contributed by atoms with Crippen molar-refractivity contribution in [2.45, 2.75) is 36.0 Å². The molecule has 1 unspecified atom stereocenters. The number of phenols is 1. The molecule has 0 radical (unpaired) electrons. The summed E-state index contributed by atoms with van der Waals surface area (Å²) in [6.45, 7) is 1.85. The third-order valence-corrected chi connectivity index (χ3v) is 6.94. The minimum absolute atomic E-state index is 0.212. The molecular formula is C19H18ClF2N3O4S. The zero-order valence-electron chi connectivity index (χ0n) is 15.7. The monoisotopic (exact) mass is 457 g/mol. The average molecular weight is 458 g/mol. The fourth-order valence-electron chi connectivity index (χ4n) is 3.05. The van der Waals surface area contributed by atoms with Gasteiger partial charge < -0.3 is 15.7 Å². The number of hydrogen-bond donors (Lipinski definition) is 3. The van der Waals surface area contributed by atoms with Crippen molar-refractivity contribution < 1.29 is 27.1 Å². The van der Waals surface area contributed by atoms with Crippen LogP contribution in [-0.2, 0) is 15.1 Å². The second-order valence-electron chi connectivity index (χ2n) is 6.68. The summed E-state index contributed by atoms with van der Waals surface area (Å²) >= 11 is 5.84. The van der Waals surface area contributed by atoms with Gasteiger partial charge >= 0.3 is 11.3 Å². The van der Waals surface area contributed by atoms with E-state index in [1.54, 1.807) is 0 Å². The Kier molecular flexibility index (Phi) is 6.00. The van der Waals surface area contributed by atoms with E-state index in [-0.39, 0.29) is 11.7 Å². The Morgan fingerprint density at radius 2 is 2.03 bits per heavy atom. The summed E-state index contributed by atoms with van der Waals surface area (Å²) in [4.78, 5) is 14.4. The molecule has 1 atom stereocenters. The van der Waals surface area contributed by atoms with E-state index in [0.29, 0.717) is 6.42 Å². The van der Waals surface area contributed by atoms with Crippen molar-refractivity contribution in [2.24, 2.45) is 0 Å². The summed E-state index contributed by atoms with van der Waals surface area (Å²) in [6.07, 6.45) is 4.48. The van der Waals surface area contributed by atoms with Gasteiger partial charge in [0.15, 0.2) is 5.75 Å². The van der Waals surface area contributed by atoms with Crippen molar-refractivity contribution in [3.8, 4) is 5.75 Å². The highest BCUT2D eigenvalue weighted by molar-refractivity contribution is 7.92. The molecule has 1 heterocycles. The van der Waals surface area contributed by atoms with Crippen LogP contribution in [0.25, 0.3) is 0 Å². The number of allylic oxidation sites excluding steroid dienone is 1. The van der Waals surface area contributed by atoms with E-state index < -0.39 is 42.5 Å². The first-order valence-electron chi connectivity index (χ1n) is 8.85. The van der Waals surface area contributed by atoms with Crippen LogP contribution >= 0.6 is 11.6 Å². The van der Waals surface area contributed by atoms with Gasteiger partial charge in [-0.15, -0.1) is 0 Å². The van der Waals surface area contributed by atoms with Gasteiger partial charge in [-0.1, -0.05) is 29.3 Å². The number of amides is 2. The van der Waals surface area contributed by atoms with Gasteiger partial charge in [-0.25, -0.2) is 13.2 Å². The van der Waals surface area contributed by atoms with Gasteiger partial charge in [0.25, 0.3) is 9.84 Å². The SMILES string of the molecule is CC1=CCCC1NC(=O)Nc1ccc(Cl)c(S(=O)(=O)C(F)(F)c2ccccn2)c1O. The summed E-state index contributed by atoms with van der Waals surface area (Å²) in [7, 11) is -5.50. The van der Waals surface area contributed by atoms with E-state index in [0.717, 1.165) is 36.4 Å². The highest BCUT2D eigenvalue weighted by Gasteiger charge is 2.51. The lowest BCUT2D eigenvalue weighted by Crippen LogP contribution is -2.37. The molecule has 1 aliphatic rings. The molecule has 3 rings (SSSR count). The van der Waals surface area contributed by atoms with E-state index in [9.17, 15) is 27.1 Å². The summed E-state index contributed by atoms with van der Waals surface area (Å²) < 4.78 is 54.9. The molecule has 11 heteroatoms. The molecule has 2 amide bonds. The minimum Gasteiger partial charge on any atom is -0.504 e. The molecule has 1 aromatic heterocycles. The molecule has 0 aliphatic heterocycles. The number of carbonyl (C=O) groups excluding carboxylic acids is 1. The Hall–Kier alpha value is -2.72. The lowest BCUT2D eigenvalue weighted by molar-refractivity contribution is 0.0854. The van der Waals surface area contributed by atoms with Crippen LogP contribution in [0, 0.1) is 0 Å². The maximum Gasteiger partial charge on any atom is 0.391 e. The van der Waals surface area contributed by atoms with E-state index in [1.807, 2.05) is 13.0 Å². The lowest BCUT2D eigenvalue weighted by Gasteiger charge is -2.20. The van der Waals surface area contributed by atoms with Gasteiger partial charge in [0, 0.05) is 6.20 Å². The number of halogens is 3. The average Bonchev–Trinajstić information content (AvgIpc) is 3.09. The number of hydrogen-bond acceptors (Lipinski definition) is 5. The van der Waals surface area contributed by atoms with Crippen molar-refractivity contribution in [1.29, 1.82) is 0 Å². The van der Waals surface area contributed by atoms with Crippen LogP contribution in [0.1, 0.15) is 25.5 Å². The predicted molar refractivity (Wildman–Crippen MR) is 107 cm³/mol. The molecule has 0 saturated heterocycles. The highest BCUT2D eigenvalue weighted by Crippen LogP contribution is 2.45. The number of aromatic hydroxyl groups is 1. The standard InChI is InChI=1S/C19H18ClF2N3O4S/c1-11-5-4-6-13(11)24-18(27)25-14-9-8-12(20)17(16(14)26)30(28,29)19(21,22)15-7-2-3-10-23-15/h2-3,5,7-10,13,26H,4,6H2,1H3,(H2,24,25,27). The molecule has 0 spiro atoms. The quantitative estimate of drug-likeness (QED) is 0.460. The Bertz CT molecular complexity index is 1110. The third kappa shape index (κ3) is 3.97. The van der Waals surface area contributed by atoms with Gasteiger partial charge in [-0.2, -0.15) is 8.78 Å². The zero-order valence-corrected chi connectivity index (χ0v) is 17.3. The fourth-order valence-corrected chi connectivity index (χ4v) is 4.85. The molecular weight excluding hydrogens is 440 g/mol. The van der Waals surface area contributed by atoms with E-state index in [4.69, 9.17) is 11.6 Å². The van der Waals surface area contributed by atoms with Crippen molar-refractivity contribution >= 4 is 33.2 Å². The summed E-state index contributed by atoms with van der Waals surface area (Å²) in [6, 6.07) is 4.57. The Morgan fingerprint density at radius 3 is 2.63 bits per heavy atom. The minimum atomic E-state index is -5.50. The van der Waals surface area contributed by atoms with Gasteiger partial charge in [-0.3, -0.25) is 4.98 Å². The number of rotatable bonds is 5. The zero-order chi connectivity index (χ0) is 22.1. The van der Waals surface area contributed by atoms with Gasteiger partial charge in [-0.05, 0) is 44.0 Å². The smallest absolute Gasteiger partial charge is 0.391 e. The van der Waals surface area contributed by atoms with Crippen LogP contribution in [-0.4, -0.2) is 30.6 Å². The number of anilines is 1. The number of aromatic nitrogens is 1. The normalized spacial score (nSPS) is 16.8. The van der Waals surface area contributed by atoms with Crippen molar-refractivity contribution in [1.82, 2.24) is 10.3 Å². The van der Waals surface area contributed by atoms with E-state index in [1.165, 1.54) is 12.1 Å². The summed E-state index contributed by atoms with van der Waals surface area (Å²) in [5, 5.41) is 10.3. The number of alkyl halides is 2. The van der Waals surface area contributed by atoms with Crippen LogP contribution in [0.2, 0.25) is 5.02 Å². The van der Waals surface area contributed by atoms with Crippen LogP contribution in [0.15, 0.2) is 53.1 Å². The molecule has 0 bridgehead atoms. The first-order chi connectivity index (χ1) is 14.1. The maximum atomic E-state index is 14.8. The Labute approximate surface area is 176 Å². The van der Waals surface area contributed by atoms with Gasteiger partial charge in [0.2, 0.25) is 0 Å². The topological polar surface area (TPSA) is 108 Å². The number of sulfone groups is 1. The molecule has 2 aromatic rings. The number of urea groups is 1. The number of nitrogens with zero attached hydrogens (tertiary/aromatic N) is 1. The predicted octanol–water partition coefficient (Wildman–Crippen LogP) is 4.19. The van der Waals surface area contributed by atoms with Crippen LogP contribution in [0.5, 0.6) is 5.75 Å². The van der Waals surface area contributed by atoms with Crippen LogP contribution in [0.3, 0.4) is 0 Å². The summed E-state index contributed by atoms with van der Waals surface area (Å²) in [5.41, 5.74) is -0.448. The second-order valence-corrected chi connectivity index (χ2v) is 9.02. The maximum absolute atomic E-state index is 14.8. The third-order valence-electron chi connectivity index (χ3n) is 4.68. The van der Waals surface area contributed by atoms with Crippen LogP contribution < -0.4 is 10.6 Å². The summed E-state index contributed by atoms with van der Waals surface area (Å²) in [5.74, 6) is -1.09. The number of carbonyl (C=O) groups is 1. The van der Waals surface area contributed by atoms with E-state index >= 15 is 0 Å². The molecule has 7 nitrogen and oxygen atoms in total. The largest absolute Gasteiger partial charge is 0.504 e. The lowest BCUT2D eigenvalue weighted by atomic mass is 10.2. The fraction of sp³-hybridized carbons (Fsp3) is 0.263. The van der Waals surface area contributed by atoms with Crippen LogP contribution in [0.4, 0.5) is 19.3 Å². The van der Waals surface area contributed by atoms with Gasteiger partial charge in [0.05, 0.1) is 16.8 Å². The molecule has 3 N–H and O–H groups in total. The van der Waals surface area contributed by atoms with Crippen molar-refractivity contribution in [3.63, 3.8) is 0 Å². The molecule has 30 heavy (non-hydrogen) atoms. The Morgan fingerprint density at radius 1 is 1.30 bits per heavy atom. The highest BCUT2D eigenvalue weighted by atomic mass is 35.5. The Balaban J connectivity index is 1.94. The second kappa shape index (κ2) is 8.19. The molecule has 1 aliphatic carbocycles. The number of pyridine rings is 1. The number of phenolic OH excluding ortho intramolecular Hbond substituents is 1. The molecule has 160 valence electrons. The first-order valence-corrected chi connectivity index (χ1v) is 10.7. The van der Waals surface area contributed by atoms with Crippen molar-refractivity contribution in [2.75, 3.05) is 5.32 Å². The van der Waals surface area contributed by atoms with E-state index in [2.05, 4.69) is 15.6 Å². The number of nitrogens with one attached hydrogen (secondary N) is 2. The van der Waals surface area contributed by atoms with Crippen molar-refractivity contribution in [3.05, 3.63) is 58.9 Å². The molecule has 1 aromatic carbocycles. The van der Waals surface area contributed by atoms with Gasteiger partial charge in [0.1, 0.15) is 10.6 Å². The number of benzene rings is 1.